The van der Waals surface area contributed by atoms with Gasteiger partial charge in [0.05, 0.1) is 12.1 Å². The quantitative estimate of drug-likeness (QED) is 0.851. The van der Waals surface area contributed by atoms with Gasteiger partial charge < -0.3 is 5.32 Å². The average Bonchev–Trinajstić information content (AvgIpc) is 2.41. The number of hydrogen-bond acceptors (Lipinski definition) is 3. The predicted octanol–water partition coefficient (Wildman–Crippen LogP) is 3.76. The van der Waals surface area contributed by atoms with E-state index < -0.39 is 0 Å². The summed E-state index contributed by atoms with van der Waals surface area (Å²) in [6, 6.07) is 17.5. The van der Waals surface area contributed by atoms with Crippen LogP contribution in [0.15, 0.2) is 64.4 Å². The summed E-state index contributed by atoms with van der Waals surface area (Å²) >= 11 is 1.58. The van der Waals surface area contributed by atoms with Crippen LogP contribution in [0.3, 0.4) is 0 Å². The number of benzene rings is 2. The molecule has 0 aliphatic heterocycles. The van der Waals surface area contributed by atoms with Gasteiger partial charge in [-0.05, 0) is 31.2 Å². The molecule has 20 heavy (non-hydrogen) atoms. The van der Waals surface area contributed by atoms with Crippen LogP contribution < -0.4 is 5.32 Å². The molecule has 0 aliphatic carbocycles. The molecule has 4 heteroatoms. The highest BCUT2D eigenvalue weighted by atomic mass is 32.2. The first kappa shape index (κ1) is 14.3. The molecule has 2 aromatic carbocycles. The molecule has 0 saturated heterocycles. The number of rotatable bonds is 5. The van der Waals surface area contributed by atoms with Gasteiger partial charge in [-0.25, -0.2) is 0 Å². The smallest absolute Gasteiger partial charge is 0.231 e. The molecule has 1 N–H and O–H groups in total. The lowest BCUT2D eigenvalue weighted by Gasteiger charge is -2.10. The lowest BCUT2D eigenvalue weighted by Crippen LogP contribution is -2.15. The number of para-hydroxylation sites is 1. The second kappa shape index (κ2) is 6.91. The minimum Gasteiger partial charge on any atom is -0.325 e. The molecule has 2 aromatic rings. The van der Waals surface area contributed by atoms with E-state index in [2.05, 4.69) is 5.32 Å². The fourth-order valence-electron chi connectivity index (χ4n) is 1.69. The van der Waals surface area contributed by atoms with Crippen molar-refractivity contribution in [1.29, 1.82) is 0 Å². The Morgan fingerprint density at radius 1 is 1.00 bits per heavy atom. The van der Waals surface area contributed by atoms with Crippen LogP contribution in [0.4, 0.5) is 5.69 Å². The Morgan fingerprint density at radius 2 is 1.65 bits per heavy atom. The SMILES string of the molecule is CC(=O)CC(=O)Nc1ccccc1Sc1ccccc1. The first-order valence-electron chi connectivity index (χ1n) is 6.26. The summed E-state index contributed by atoms with van der Waals surface area (Å²) in [5.74, 6) is -0.422. The van der Waals surface area contributed by atoms with Crippen LogP contribution in [0.1, 0.15) is 13.3 Å². The van der Waals surface area contributed by atoms with Crippen LogP contribution in [0.5, 0.6) is 0 Å². The molecule has 0 aliphatic rings. The number of nitrogens with one attached hydrogen (secondary N) is 1. The fourth-order valence-corrected chi connectivity index (χ4v) is 2.62. The van der Waals surface area contributed by atoms with Gasteiger partial charge in [-0.3, -0.25) is 9.59 Å². The first-order chi connectivity index (χ1) is 9.65. The summed E-state index contributed by atoms with van der Waals surface area (Å²) in [6.07, 6.45) is -0.0929. The maximum Gasteiger partial charge on any atom is 0.231 e. The Balaban J connectivity index is 2.14. The zero-order chi connectivity index (χ0) is 14.4. The third-order valence-corrected chi connectivity index (χ3v) is 3.63. The van der Waals surface area contributed by atoms with Gasteiger partial charge in [0.1, 0.15) is 5.78 Å². The van der Waals surface area contributed by atoms with Crippen molar-refractivity contribution in [2.75, 3.05) is 5.32 Å². The van der Waals surface area contributed by atoms with E-state index in [0.29, 0.717) is 0 Å². The topological polar surface area (TPSA) is 46.2 Å². The van der Waals surface area contributed by atoms with Gasteiger partial charge >= 0.3 is 0 Å². The molecular weight excluding hydrogens is 270 g/mol. The largest absolute Gasteiger partial charge is 0.325 e. The van der Waals surface area contributed by atoms with Crippen LogP contribution >= 0.6 is 11.8 Å². The maximum absolute atomic E-state index is 11.7. The normalized spacial score (nSPS) is 10.1. The highest BCUT2D eigenvalue weighted by molar-refractivity contribution is 7.99. The molecule has 0 fully saturated rings. The molecule has 0 heterocycles. The van der Waals surface area contributed by atoms with Gasteiger partial charge in [-0.15, -0.1) is 0 Å². The van der Waals surface area contributed by atoms with Crippen LogP contribution in [-0.2, 0) is 9.59 Å². The standard InChI is InChI=1S/C16H15NO2S/c1-12(18)11-16(19)17-14-9-5-6-10-15(14)20-13-7-3-2-4-8-13/h2-10H,11H2,1H3,(H,17,19). The van der Waals surface area contributed by atoms with Crippen molar-refractivity contribution in [3.05, 3.63) is 54.6 Å². The van der Waals surface area contributed by atoms with Gasteiger partial charge in [-0.2, -0.15) is 0 Å². The summed E-state index contributed by atoms with van der Waals surface area (Å²) < 4.78 is 0. The predicted molar refractivity (Wildman–Crippen MR) is 80.9 cm³/mol. The minimum absolute atomic E-state index is 0.0929. The fraction of sp³-hybridized carbons (Fsp3) is 0.125. The minimum atomic E-state index is -0.279. The van der Waals surface area contributed by atoms with Crippen molar-refractivity contribution in [1.82, 2.24) is 0 Å². The number of hydrogen-bond donors (Lipinski definition) is 1. The second-order valence-electron chi connectivity index (χ2n) is 4.34. The molecule has 3 nitrogen and oxygen atoms in total. The molecule has 0 unspecified atom stereocenters. The van der Waals surface area contributed by atoms with E-state index in [1.807, 2.05) is 54.6 Å². The molecule has 0 spiro atoms. The summed E-state index contributed by atoms with van der Waals surface area (Å²) in [4.78, 5) is 24.7. The van der Waals surface area contributed by atoms with Crippen molar-refractivity contribution in [2.24, 2.45) is 0 Å². The van der Waals surface area contributed by atoms with E-state index in [1.165, 1.54) is 6.92 Å². The van der Waals surface area contributed by atoms with Gasteiger partial charge in [0.2, 0.25) is 5.91 Å². The summed E-state index contributed by atoms with van der Waals surface area (Å²) in [7, 11) is 0. The second-order valence-corrected chi connectivity index (χ2v) is 5.45. The van der Waals surface area contributed by atoms with Crippen LogP contribution in [0.2, 0.25) is 0 Å². The molecule has 1 amide bonds. The van der Waals surface area contributed by atoms with Crippen LogP contribution in [-0.4, -0.2) is 11.7 Å². The average molecular weight is 285 g/mol. The number of anilines is 1. The molecule has 0 atom stereocenters. The zero-order valence-corrected chi connectivity index (χ0v) is 11.9. The lowest BCUT2D eigenvalue weighted by atomic mass is 10.2. The molecule has 102 valence electrons. The summed E-state index contributed by atoms with van der Waals surface area (Å²) in [6.45, 7) is 1.41. The number of Topliss-reactive ketones (excluding diaryl/α,β-unsaturated/α-hetero) is 1. The van der Waals surface area contributed by atoms with Crippen LogP contribution in [0.25, 0.3) is 0 Å². The highest BCUT2D eigenvalue weighted by Crippen LogP contribution is 2.33. The number of carbonyl (C=O) groups is 2. The molecule has 2 rings (SSSR count). The molecule has 0 bridgehead atoms. The number of ketones is 1. The van der Waals surface area contributed by atoms with Crippen molar-refractivity contribution in [3.8, 4) is 0 Å². The van der Waals surface area contributed by atoms with E-state index in [-0.39, 0.29) is 18.1 Å². The summed E-state index contributed by atoms with van der Waals surface area (Å²) in [5, 5.41) is 2.78. The van der Waals surface area contributed by atoms with E-state index in [1.54, 1.807) is 11.8 Å². The molecular formula is C16H15NO2S. The van der Waals surface area contributed by atoms with Crippen molar-refractivity contribution >= 4 is 29.1 Å². The Labute approximate surface area is 122 Å². The molecule has 0 radical (unpaired) electrons. The van der Waals surface area contributed by atoms with E-state index >= 15 is 0 Å². The summed E-state index contributed by atoms with van der Waals surface area (Å²) in [5.41, 5.74) is 0.729. The van der Waals surface area contributed by atoms with Gasteiger partial charge in [-0.1, -0.05) is 42.1 Å². The molecule has 0 saturated carbocycles. The lowest BCUT2D eigenvalue weighted by molar-refractivity contribution is -0.124. The number of amides is 1. The van der Waals surface area contributed by atoms with Gasteiger partial charge in [0, 0.05) is 9.79 Å². The van der Waals surface area contributed by atoms with Crippen molar-refractivity contribution < 1.29 is 9.59 Å². The Hall–Kier alpha value is -2.07. The Bertz CT molecular complexity index is 611. The Morgan fingerprint density at radius 3 is 2.35 bits per heavy atom. The Kier molecular flexibility index (Phi) is 4.96. The van der Waals surface area contributed by atoms with E-state index in [0.717, 1.165) is 15.5 Å². The van der Waals surface area contributed by atoms with E-state index in [4.69, 9.17) is 0 Å². The van der Waals surface area contributed by atoms with E-state index in [9.17, 15) is 9.59 Å². The molecule has 0 aromatic heterocycles. The first-order valence-corrected chi connectivity index (χ1v) is 7.08. The maximum atomic E-state index is 11.7. The number of carbonyl (C=O) groups excluding carboxylic acids is 2. The van der Waals surface area contributed by atoms with Gasteiger partial charge in [0.15, 0.2) is 0 Å². The third kappa shape index (κ3) is 4.24. The third-order valence-electron chi connectivity index (χ3n) is 2.54. The zero-order valence-electron chi connectivity index (χ0n) is 11.1. The van der Waals surface area contributed by atoms with Gasteiger partial charge in [0.25, 0.3) is 0 Å². The van der Waals surface area contributed by atoms with Crippen molar-refractivity contribution in [2.45, 2.75) is 23.1 Å². The van der Waals surface area contributed by atoms with Crippen molar-refractivity contribution in [3.63, 3.8) is 0 Å². The highest BCUT2D eigenvalue weighted by Gasteiger charge is 2.09. The van der Waals surface area contributed by atoms with Crippen LogP contribution in [0, 0.1) is 0 Å². The monoisotopic (exact) mass is 285 g/mol.